The van der Waals surface area contributed by atoms with E-state index < -0.39 is 5.97 Å². The molecule has 1 N–H and O–H groups in total. The van der Waals surface area contributed by atoms with E-state index in [1.165, 1.54) is 16.7 Å². The Morgan fingerprint density at radius 1 is 1.11 bits per heavy atom. The van der Waals surface area contributed by atoms with Gasteiger partial charge in [0.05, 0.1) is 5.56 Å². The molecule has 1 aliphatic rings. The minimum atomic E-state index is -0.922. The Kier molecular flexibility index (Phi) is 5.85. The second-order valence-corrected chi connectivity index (χ2v) is 8.04. The number of carbonyl (C=O) groups is 1. The van der Waals surface area contributed by atoms with Gasteiger partial charge in [-0.2, -0.15) is 0 Å². The Hall–Kier alpha value is -3.05. The molecule has 2 aromatic carbocycles. The standard InChI is InChI=1S/C26H26O2/c1-19-10-14-21(15-11-19)23-8-6-18-26(2,3)24(23)9-5-4-7-20-12-16-22(17-13-20)25(27)28/h5,8-17,24H,6,18H2,1-3H3,(H,27,28). The number of carboxylic acid groups (broad SMARTS) is 1. The van der Waals surface area contributed by atoms with Gasteiger partial charge in [0.1, 0.15) is 0 Å². The van der Waals surface area contributed by atoms with E-state index in [1.54, 1.807) is 24.3 Å². The highest BCUT2D eigenvalue weighted by Gasteiger charge is 2.33. The maximum atomic E-state index is 10.9. The Morgan fingerprint density at radius 3 is 2.43 bits per heavy atom. The molecular weight excluding hydrogens is 344 g/mol. The first-order valence-electron chi connectivity index (χ1n) is 9.65. The van der Waals surface area contributed by atoms with Crippen molar-refractivity contribution in [3.05, 3.63) is 89.0 Å². The molecule has 1 atom stereocenters. The topological polar surface area (TPSA) is 37.3 Å². The normalized spacial score (nSPS) is 18.2. The average molecular weight is 370 g/mol. The molecule has 1 aliphatic carbocycles. The van der Waals surface area contributed by atoms with Crippen LogP contribution in [0.3, 0.4) is 0 Å². The van der Waals surface area contributed by atoms with Crippen molar-refractivity contribution in [3.63, 3.8) is 0 Å². The van der Waals surface area contributed by atoms with Gasteiger partial charge in [0.25, 0.3) is 0 Å². The summed E-state index contributed by atoms with van der Waals surface area (Å²) < 4.78 is 0. The van der Waals surface area contributed by atoms with E-state index in [4.69, 9.17) is 5.11 Å². The van der Waals surface area contributed by atoms with E-state index in [1.807, 2.05) is 6.08 Å². The monoisotopic (exact) mass is 370 g/mol. The van der Waals surface area contributed by atoms with Gasteiger partial charge in [-0.1, -0.05) is 67.7 Å². The smallest absolute Gasteiger partial charge is 0.335 e. The van der Waals surface area contributed by atoms with Crippen molar-refractivity contribution >= 4 is 11.5 Å². The van der Waals surface area contributed by atoms with E-state index in [9.17, 15) is 4.79 Å². The van der Waals surface area contributed by atoms with E-state index in [0.717, 1.165) is 18.4 Å². The van der Waals surface area contributed by atoms with Gasteiger partial charge in [-0.05, 0) is 66.7 Å². The number of benzene rings is 2. The van der Waals surface area contributed by atoms with Gasteiger partial charge in [0, 0.05) is 11.5 Å². The molecule has 0 aliphatic heterocycles. The van der Waals surface area contributed by atoms with Crippen molar-refractivity contribution in [3.8, 4) is 11.8 Å². The second-order valence-electron chi connectivity index (χ2n) is 8.04. The predicted molar refractivity (Wildman–Crippen MR) is 115 cm³/mol. The molecule has 2 aromatic rings. The van der Waals surface area contributed by atoms with Crippen LogP contribution >= 0.6 is 0 Å². The lowest BCUT2D eigenvalue weighted by Crippen LogP contribution is -2.26. The number of allylic oxidation sites excluding steroid dienone is 4. The van der Waals surface area contributed by atoms with Gasteiger partial charge in [-0.25, -0.2) is 4.79 Å². The fourth-order valence-corrected chi connectivity index (χ4v) is 3.68. The molecule has 142 valence electrons. The number of aryl methyl sites for hydroxylation is 1. The summed E-state index contributed by atoms with van der Waals surface area (Å²) in [6.45, 7) is 6.75. The van der Waals surface area contributed by atoms with Crippen molar-refractivity contribution < 1.29 is 9.90 Å². The van der Waals surface area contributed by atoms with Gasteiger partial charge >= 0.3 is 5.97 Å². The minimum Gasteiger partial charge on any atom is -0.478 e. The zero-order valence-corrected chi connectivity index (χ0v) is 16.7. The van der Waals surface area contributed by atoms with Crippen molar-refractivity contribution in [2.45, 2.75) is 33.6 Å². The summed E-state index contributed by atoms with van der Waals surface area (Å²) in [4.78, 5) is 10.9. The molecule has 0 saturated heterocycles. The van der Waals surface area contributed by atoms with Crippen molar-refractivity contribution in [1.29, 1.82) is 0 Å². The van der Waals surface area contributed by atoms with Gasteiger partial charge in [0.2, 0.25) is 0 Å². The summed E-state index contributed by atoms with van der Waals surface area (Å²) in [5, 5.41) is 8.96. The van der Waals surface area contributed by atoms with Crippen molar-refractivity contribution in [2.75, 3.05) is 0 Å². The summed E-state index contributed by atoms with van der Waals surface area (Å²) in [5.41, 5.74) is 5.19. The molecule has 0 heterocycles. The Morgan fingerprint density at radius 2 is 1.79 bits per heavy atom. The third-order valence-electron chi connectivity index (χ3n) is 5.44. The maximum absolute atomic E-state index is 10.9. The molecule has 0 spiro atoms. The summed E-state index contributed by atoms with van der Waals surface area (Å²) in [6, 6.07) is 15.4. The zero-order valence-electron chi connectivity index (χ0n) is 16.7. The van der Waals surface area contributed by atoms with Gasteiger partial charge in [0.15, 0.2) is 0 Å². The molecule has 0 fully saturated rings. The first-order chi connectivity index (χ1) is 13.4. The molecule has 2 nitrogen and oxygen atoms in total. The van der Waals surface area contributed by atoms with Gasteiger partial charge < -0.3 is 5.11 Å². The van der Waals surface area contributed by atoms with Crippen LogP contribution in [0, 0.1) is 30.1 Å². The molecule has 0 bridgehead atoms. The van der Waals surface area contributed by atoms with Crippen molar-refractivity contribution in [2.24, 2.45) is 11.3 Å². The molecule has 0 aromatic heterocycles. The fourth-order valence-electron chi connectivity index (χ4n) is 3.68. The highest BCUT2D eigenvalue weighted by molar-refractivity contribution is 5.87. The molecule has 0 amide bonds. The molecule has 3 rings (SSSR count). The first-order valence-corrected chi connectivity index (χ1v) is 9.65. The molecule has 0 saturated carbocycles. The summed E-state index contributed by atoms with van der Waals surface area (Å²) in [6.07, 6.45) is 8.76. The first kappa shape index (κ1) is 19.7. The number of rotatable bonds is 3. The lowest BCUT2D eigenvalue weighted by molar-refractivity contribution is 0.0697. The highest BCUT2D eigenvalue weighted by Crippen LogP contribution is 2.45. The summed E-state index contributed by atoms with van der Waals surface area (Å²) in [5.74, 6) is 5.59. The molecule has 1 unspecified atom stereocenters. The zero-order chi connectivity index (χ0) is 20.1. The van der Waals surface area contributed by atoms with E-state index >= 15 is 0 Å². The Balaban J connectivity index is 1.81. The van der Waals surface area contributed by atoms with Crippen LogP contribution in [0.4, 0.5) is 0 Å². The van der Waals surface area contributed by atoms with Gasteiger partial charge in [-0.15, -0.1) is 0 Å². The molecular formula is C26H26O2. The number of aromatic carboxylic acids is 1. The fraction of sp³-hybridized carbons (Fsp3) is 0.269. The summed E-state index contributed by atoms with van der Waals surface area (Å²) >= 11 is 0. The summed E-state index contributed by atoms with van der Waals surface area (Å²) in [7, 11) is 0. The van der Waals surface area contributed by atoms with Crippen LogP contribution < -0.4 is 0 Å². The quantitative estimate of drug-likeness (QED) is 0.661. The lowest BCUT2D eigenvalue weighted by Gasteiger charge is -2.38. The van der Waals surface area contributed by atoms with E-state index in [0.29, 0.717) is 5.92 Å². The van der Waals surface area contributed by atoms with Crippen LogP contribution in [0.2, 0.25) is 0 Å². The predicted octanol–water partition coefficient (Wildman–Crippen LogP) is 6.12. The largest absolute Gasteiger partial charge is 0.478 e. The highest BCUT2D eigenvalue weighted by atomic mass is 16.4. The average Bonchev–Trinajstić information content (AvgIpc) is 2.66. The second kappa shape index (κ2) is 8.31. The van der Waals surface area contributed by atoms with Crippen LogP contribution in [0.15, 0.2) is 66.8 Å². The number of carboxylic acids is 1. The Bertz CT molecular complexity index is 962. The molecule has 2 heteroatoms. The van der Waals surface area contributed by atoms with Crippen LogP contribution in [0.1, 0.15) is 53.7 Å². The van der Waals surface area contributed by atoms with Crippen LogP contribution in [0.25, 0.3) is 5.57 Å². The molecule has 28 heavy (non-hydrogen) atoms. The SMILES string of the molecule is Cc1ccc(C2=CCCC(C)(C)C2C=CC#Cc2ccc(C(=O)O)cc2)cc1. The van der Waals surface area contributed by atoms with Crippen LogP contribution in [0.5, 0.6) is 0 Å². The molecule has 0 radical (unpaired) electrons. The third kappa shape index (κ3) is 4.61. The lowest BCUT2D eigenvalue weighted by atomic mass is 9.67. The number of hydrogen-bond donors (Lipinski definition) is 1. The minimum absolute atomic E-state index is 0.177. The van der Waals surface area contributed by atoms with Crippen LogP contribution in [-0.2, 0) is 0 Å². The van der Waals surface area contributed by atoms with Gasteiger partial charge in [-0.3, -0.25) is 0 Å². The van der Waals surface area contributed by atoms with Crippen LogP contribution in [-0.4, -0.2) is 11.1 Å². The third-order valence-corrected chi connectivity index (χ3v) is 5.44. The van der Waals surface area contributed by atoms with E-state index in [-0.39, 0.29) is 11.0 Å². The Labute approximate surface area is 167 Å². The number of hydrogen-bond acceptors (Lipinski definition) is 1. The van der Waals surface area contributed by atoms with E-state index in [2.05, 4.69) is 69.0 Å². The maximum Gasteiger partial charge on any atom is 0.335 e. The van der Waals surface area contributed by atoms with Crippen molar-refractivity contribution in [1.82, 2.24) is 0 Å².